The molecule has 1 rings (SSSR count). The molecule has 8 heteroatoms. The Hall–Kier alpha value is -2.11. The van der Waals surface area contributed by atoms with Crippen LogP contribution in [-0.2, 0) is 19.7 Å². The van der Waals surface area contributed by atoms with Crippen molar-refractivity contribution in [2.24, 2.45) is 9.98 Å². The second-order valence-electron chi connectivity index (χ2n) is 2.97. The minimum absolute atomic E-state index is 0.0517. The van der Waals surface area contributed by atoms with Gasteiger partial charge in [-0.15, -0.1) is 0 Å². The van der Waals surface area contributed by atoms with E-state index in [-0.39, 0.29) is 11.4 Å². The van der Waals surface area contributed by atoms with Crippen molar-refractivity contribution in [3.63, 3.8) is 0 Å². The van der Waals surface area contributed by atoms with Gasteiger partial charge in [-0.05, 0) is 19.1 Å². The molecule has 0 radical (unpaired) electrons. The van der Waals surface area contributed by atoms with Crippen LogP contribution in [-0.4, -0.2) is 25.1 Å². The number of isocyanates is 2. The number of hydrogen-bond acceptors (Lipinski definition) is 6. The van der Waals surface area contributed by atoms with Gasteiger partial charge in [-0.1, -0.05) is 0 Å². The van der Waals surface area contributed by atoms with Gasteiger partial charge in [0, 0.05) is 5.56 Å². The minimum Gasteiger partial charge on any atom is -0.282 e. The molecule has 1 aromatic rings. The van der Waals surface area contributed by atoms with E-state index in [1.54, 1.807) is 0 Å². The first-order chi connectivity index (χ1) is 7.90. The summed E-state index contributed by atoms with van der Waals surface area (Å²) in [4.78, 5) is 26.3. The third-order valence-corrected chi connectivity index (χ3v) is 2.79. The number of aliphatic imine (C=N–C) groups is 2. The summed E-state index contributed by atoms with van der Waals surface area (Å²) in [6.07, 6.45) is 2.46. The zero-order chi connectivity index (χ0) is 13.1. The fraction of sp³-hybridized carbons (Fsp3) is 0.111. The van der Waals surface area contributed by atoms with Gasteiger partial charge in [-0.25, -0.2) is 9.59 Å². The molecular weight excluding hydrogens is 248 g/mol. The van der Waals surface area contributed by atoms with Crippen molar-refractivity contribution < 1.29 is 22.6 Å². The summed E-state index contributed by atoms with van der Waals surface area (Å²) < 4.78 is 30.7. The van der Waals surface area contributed by atoms with Crippen LogP contribution in [0.2, 0.25) is 0 Å². The van der Waals surface area contributed by atoms with Gasteiger partial charge in [0.05, 0.1) is 16.3 Å². The van der Waals surface area contributed by atoms with E-state index >= 15 is 0 Å². The van der Waals surface area contributed by atoms with Crippen LogP contribution in [0, 0.1) is 6.92 Å². The van der Waals surface area contributed by atoms with Crippen molar-refractivity contribution in [1.82, 2.24) is 0 Å². The van der Waals surface area contributed by atoms with E-state index in [2.05, 4.69) is 9.98 Å². The first kappa shape index (κ1) is 13.0. The first-order valence-corrected chi connectivity index (χ1v) is 5.62. The van der Waals surface area contributed by atoms with Crippen LogP contribution in [0.15, 0.2) is 27.0 Å². The zero-order valence-electron chi connectivity index (χ0n) is 8.54. The van der Waals surface area contributed by atoms with E-state index in [1.165, 1.54) is 19.1 Å². The Morgan fingerprint density at radius 1 is 1.12 bits per heavy atom. The molecule has 0 aliphatic carbocycles. The number of hydrogen-bond donors (Lipinski definition) is 1. The first-order valence-electron chi connectivity index (χ1n) is 4.18. The maximum Gasteiger partial charge on any atom is 0.294 e. The quantitative estimate of drug-likeness (QED) is 0.494. The zero-order valence-corrected chi connectivity index (χ0v) is 9.35. The van der Waals surface area contributed by atoms with Gasteiger partial charge in [0.1, 0.15) is 0 Å². The largest absolute Gasteiger partial charge is 0.294 e. The second kappa shape index (κ2) is 4.82. The van der Waals surface area contributed by atoms with Crippen molar-refractivity contribution in [1.29, 1.82) is 0 Å². The third kappa shape index (κ3) is 2.93. The lowest BCUT2D eigenvalue weighted by atomic mass is 10.1. The second-order valence-corrected chi connectivity index (χ2v) is 4.39. The number of nitrogens with zero attached hydrogens (tertiary/aromatic N) is 2. The topological polar surface area (TPSA) is 113 Å². The lowest BCUT2D eigenvalue weighted by Gasteiger charge is -2.04. The average molecular weight is 254 g/mol. The molecule has 0 saturated carbocycles. The minimum atomic E-state index is -4.48. The van der Waals surface area contributed by atoms with Crippen LogP contribution >= 0.6 is 0 Å². The van der Waals surface area contributed by atoms with Crippen molar-refractivity contribution in [2.45, 2.75) is 11.8 Å². The molecular formula is C9H6N2O5S. The van der Waals surface area contributed by atoms with Gasteiger partial charge in [-0.2, -0.15) is 18.4 Å². The van der Waals surface area contributed by atoms with Gasteiger partial charge in [0.15, 0.2) is 0 Å². The van der Waals surface area contributed by atoms with E-state index in [0.29, 0.717) is 5.56 Å². The van der Waals surface area contributed by atoms with Gasteiger partial charge in [0.25, 0.3) is 10.1 Å². The van der Waals surface area contributed by atoms with E-state index in [0.717, 1.165) is 12.1 Å². The standard InChI is InChI=1S/C9H6N2O5S/c1-6-8(10-4-12)2-7(17(14,15)16)3-9(6)11-5-13/h2-3H,1H3,(H,14,15,16). The number of carbonyl (C=O) groups excluding carboxylic acids is 2. The Bertz CT molecular complexity index is 613. The summed E-state index contributed by atoms with van der Waals surface area (Å²) in [7, 11) is -4.48. The van der Waals surface area contributed by atoms with E-state index < -0.39 is 15.0 Å². The lowest BCUT2D eigenvalue weighted by molar-refractivity contribution is 0.483. The van der Waals surface area contributed by atoms with Gasteiger partial charge in [-0.3, -0.25) is 4.55 Å². The Labute approximate surface area is 96.3 Å². The summed E-state index contributed by atoms with van der Waals surface area (Å²) in [5.74, 6) is 0. The summed E-state index contributed by atoms with van der Waals surface area (Å²) in [6.45, 7) is 1.47. The van der Waals surface area contributed by atoms with Crippen LogP contribution in [0.1, 0.15) is 5.56 Å². The lowest BCUT2D eigenvalue weighted by Crippen LogP contribution is -1.98. The summed E-state index contributed by atoms with van der Waals surface area (Å²) in [5, 5.41) is 0. The van der Waals surface area contributed by atoms with Crippen LogP contribution in [0.25, 0.3) is 0 Å². The predicted octanol–water partition coefficient (Wildman–Crippen LogP) is 1.18. The molecule has 17 heavy (non-hydrogen) atoms. The highest BCUT2D eigenvalue weighted by Gasteiger charge is 2.15. The van der Waals surface area contributed by atoms with Crippen molar-refractivity contribution in [2.75, 3.05) is 0 Å². The average Bonchev–Trinajstić information content (AvgIpc) is 2.22. The number of benzene rings is 1. The van der Waals surface area contributed by atoms with E-state index in [1.807, 2.05) is 0 Å². The molecule has 0 atom stereocenters. The molecule has 88 valence electrons. The summed E-state index contributed by atoms with van der Waals surface area (Å²) in [6, 6.07) is 1.94. The highest BCUT2D eigenvalue weighted by Crippen LogP contribution is 2.31. The molecule has 0 aromatic heterocycles. The maximum atomic E-state index is 10.9. The smallest absolute Gasteiger partial charge is 0.282 e. The highest BCUT2D eigenvalue weighted by atomic mass is 32.2. The van der Waals surface area contributed by atoms with Crippen molar-refractivity contribution in [3.8, 4) is 0 Å². The van der Waals surface area contributed by atoms with E-state index in [4.69, 9.17) is 4.55 Å². The van der Waals surface area contributed by atoms with Crippen molar-refractivity contribution in [3.05, 3.63) is 17.7 Å². The molecule has 0 heterocycles. The Morgan fingerprint density at radius 2 is 1.53 bits per heavy atom. The van der Waals surface area contributed by atoms with Crippen LogP contribution in [0.5, 0.6) is 0 Å². The normalized spacial score (nSPS) is 10.2. The maximum absolute atomic E-state index is 10.9. The van der Waals surface area contributed by atoms with Crippen LogP contribution in [0.4, 0.5) is 11.4 Å². The fourth-order valence-electron chi connectivity index (χ4n) is 1.14. The monoisotopic (exact) mass is 254 g/mol. The summed E-state index contributed by atoms with van der Waals surface area (Å²) >= 11 is 0. The highest BCUT2D eigenvalue weighted by molar-refractivity contribution is 7.85. The van der Waals surface area contributed by atoms with Crippen LogP contribution < -0.4 is 0 Å². The molecule has 0 fully saturated rings. The molecule has 0 bridgehead atoms. The van der Waals surface area contributed by atoms with Gasteiger partial charge < -0.3 is 0 Å². The van der Waals surface area contributed by atoms with Gasteiger partial charge >= 0.3 is 0 Å². The summed E-state index contributed by atoms with van der Waals surface area (Å²) in [5.41, 5.74) is 0.192. The fourth-order valence-corrected chi connectivity index (χ4v) is 1.66. The molecule has 0 aliphatic heterocycles. The number of rotatable bonds is 3. The van der Waals surface area contributed by atoms with Crippen LogP contribution in [0.3, 0.4) is 0 Å². The third-order valence-electron chi connectivity index (χ3n) is 1.96. The van der Waals surface area contributed by atoms with Crippen molar-refractivity contribution >= 4 is 33.7 Å². The molecule has 0 unspecified atom stereocenters. The Morgan fingerprint density at radius 3 is 1.82 bits per heavy atom. The van der Waals surface area contributed by atoms with Gasteiger partial charge in [0.2, 0.25) is 12.2 Å². The molecule has 1 N–H and O–H groups in total. The molecule has 0 aliphatic rings. The Balaban J connectivity index is 3.69. The van der Waals surface area contributed by atoms with E-state index in [9.17, 15) is 18.0 Å². The molecule has 7 nitrogen and oxygen atoms in total. The molecule has 0 saturated heterocycles. The Kier molecular flexibility index (Phi) is 3.67. The SMILES string of the molecule is Cc1c(N=C=O)cc(S(=O)(=O)O)cc1N=C=O. The molecule has 0 spiro atoms. The molecule has 0 amide bonds. The molecule has 1 aromatic carbocycles. The predicted molar refractivity (Wildman–Crippen MR) is 56.6 cm³/mol.